The lowest BCUT2D eigenvalue weighted by Gasteiger charge is -2.23. The molecule has 0 atom stereocenters. The lowest BCUT2D eigenvalue weighted by molar-refractivity contribution is 0.102. The van der Waals surface area contributed by atoms with E-state index in [1.807, 2.05) is 55.5 Å². The first-order chi connectivity index (χ1) is 13.3. The predicted molar refractivity (Wildman–Crippen MR) is 114 cm³/mol. The molecule has 3 aromatic carbocycles. The number of carbonyl (C=O) groups excluding carboxylic acids is 2. The number of benzene rings is 3. The molecule has 0 spiro atoms. The molecule has 3 heteroatoms. The van der Waals surface area contributed by atoms with Crippen LogP contribution in [0.5, 0.6) is 0 Å². The van der Waals surface area contributed by atoms with Crippen molar-refractivity contribution in [3.8, 4) is 0 Å². The molecule has 3 nitrogen and oxygen atoms in total. The van der Waals surface area contributed by atoms with Gasteiger partial charge in [-0.15, -0.1) is 0 Å². The zero-order valence-electron chi connectivity index (χ0n) is 16.7. The van der Waals surface area contributed by atoms with Crippen molar-refractivity contribution in [2.45, 2.75) is 33.1 Å². The fourth-order valence-corrected chi connectivity index (χ4v) is 3.09. The minimum atomic E-state index is -0.227. The highest BCUT2D eigenvalue weighted by atomic mass is 16.1. The Morgan fingerprint density at radius 2 is 1.32 bits per heavy atom. The Kier molecular flexibility index (Phi) is 5.46. The lowest BCUT2D eigenvalue weighted by Crippen LogP contribution is -2.19. The van der Waals surface area contributed by atoms with Gasteiger partial charge in [-0.2, -0.15) is 0 Å². The van der Waals surface area contributed by atoms with E-state index in [2.05, 4.69) is 26.1 Å². The van der Waals surface area contributed by atoms with Gasteiger partial charge in [-0.1, -0.05) is 75.4 Å². The Balaban J connectivity index is 2.10. The van der Waals surface area contributed by atoms with Crippen LogP contribution in [0.25, 0.3) is 0 Å². The van der Waals surface area contributed by atoms with Crippen molar-refractivity contribution in [2.75, 3.05) is 5.32 Å². The molecule has 1 amide bonds. The maximum absolute atomic E-state index is 13.3. The summed E-state index contributed by atoms with van der Waals surface area (Å²) in [5, 5.41) is 2.96. The molecule has 1 N–H and O–H groups in total. The molecule has 3 aromatic rings. The zero-order chi connectivity index (χ0) is 20.3. The summed E-state index contributed by atoms with van der Waals surface area (Å²) < 4.78 is 0. The molecule has 28 heavy (non-hydrogen) atoms. The Hall–Kier alpha value is -3.20. The lowest BCUT2D eigenvalue weighted by atomic mass is 9.83. The van der Waals surface area contributed by atoms with Gasteiger partial charge in [0.25, 0.3) is 5.91 Å². The first-order valence-electron chi connectivity index (χ1n) is 9.38. The summed E-state index contributed by atoms with van der Waals surface area (Å²) >= 11 is 0. The largest absolute Gasteiger partial charge is 0.321 e. The van der Waals surface area contributed by atoms with E-state index in [4.69, 9.17) is 0 Å². The van der Waals surface area contributed by atoms with Crippen LogP contribution in [-0.2, 0) is 5.41 Å². The highest BCUT2D eigenvalue weighted by Gasteiger charge is 2.23. The smallest absolute Gasteiger partial charge is 0.255 e. The molecule has 0 heterocycles. The summed E-state index contributed by atoms with van der Waals surface area (Å²) in [5.41, 5.74) is 4.05. The van der Waals surface area contributed by atoms with Crippen LogP contribution in [0.4, 0.5) is 5.69 Å². The molecule has 142 valence electrons. The van der Waals surface area contributed by atoms with Gasteiger partial charge in [-0.3, -0.25) is 9.59 Å². The van der Waals surface area contributed by atoms with Crippen molar-refractivity contribution < 1.29 is 9.59 Å². The van der Waals surface area contributed by atoms with Gasteiger partial charge in [-0.05, 0) is 41.7 Å². The first kappa shape index (κ1) is 19.6. The summed E-state index contributed by atoms with van der Waals surface area (Å²) in [7, 11) is 0. The van der Waals surface area contributed by atoms with E-state index in [9.17, 15) is 9.59 Å². The quantitative estimate of drug-likeness (QED) is 0.591. The van der Waals surface area contributed by atoms with E-state index >= 15 is 0 Å². The molecule has 0 radical (unpaired) electrons. The third-order valence-electron chi connectivity index (χ3n) is 4.76. The highest BCUT2D eigenvalue weighted by molar-refractivity contribution is 6.16. The molecule has 0 fully saturated rings. The minimum absolute atomic E-state index is 0.0989. The van der Waals surface area contributed by atoms with Crippen molar-refractivity contribution >= 4 is 17.4 Å². The van der Waals surface area contributed by atoms with Gasteiger partial charge in [0.05, 0.1) is 5.69 Å². The Labute approximate surface area is 166 Å². The summed E-state index contributed by atoms with van der Waals surface area (Å²) in [4.78, 5) is 26.0. The monoisotopic (exact) mass is 371 g/mol. The van der Waals surface area contributed by atoms with Crippen molar-refractivity contribution in [3.05, 3.63) is 101 Å². The van der Waals surface area contributed by atoms with Crippen LogP contribution in [0, 0.1) is 6.92 Å². The number of aryl methyl sites for hydroxylation is 1. The molecule has 0 saturated carbocycles. The number of carbonyl (C=O) groups is 2. The second-order valence-electron chi connectivity index (χ2n) is 7.98. The van der Waals surface area contributed by atoms with Crippen LogP contribution in [0.2, 0.25) is 0 Å². The fourth-order valence-electron chi connectivity index (χ4n) is 3.09. The molecule has 0 unspecified atom stereocenters. The van der Waals surface area contributed by atoms with Gasteiger partial charge in [0, 0.05) is 16.7 Å². The van der Waals surface area contributed by atoms with Crippen LogP contribution in [0.1, 0.15) is 58.2 Å². The number of amides is 1. The normalized spacial score (nSPS) is 11.1. The maximum Gasteiger partial charge on any atom is 0.255 e. The Bertz CT molecular complexity index is 1000. The van der Waals surface area contributed by atoms with Gasteiger partial charge in [0.2, 0.25) is 0 Å². The molecule has 0 aliphatic carbocycles. The van der Waals surface area contributed by atoms with Crippen LogP contribution < -0.4 is 5.32 Å². The van der Waals surface area contributed by atoms with E-state index in [0.29, 0.717) is 22.4 Å². The zero-order valence-corrected chi connectivity index (χ0v) is 16.7. The maximum atomic E-state index is 13.3. The summed E-state index contributed by atoms with van der Waals surface area (Å²) in [6.07, 6.45) is 0. The topological polar surface area (TPSA) is 46.2 Å². The average Bonchev–Trinajstić information content (AvgIpc) is 2.69. The average molecular weight is 371 g/mol. The van der Waals surface area contributed by atoms with E-state index in [0.717, 1.165) is 11.1 Å². The number of hydrogen-bond acceptors (Lipinski definition) is 2. The molecule has 0 bridgehead atoms. The molecule has 3 rings (SSSR count). The standard InChI is InChI=1S/C25H25NO2/c1-17-15-20(25(2,3)4)16-21(23(27)18-11-7-5-8-12-18)22(17)26-24(28)19-13-9-6-10-14-19/h5-16H,1-4H3,(H,26,28). The highest BCUT2D eigenvalue weighted by Crippen LogP contribution is 2.31. The van der Waals surface area contributed by atoms with Crippen LogP contribution in [0.3, 0.4) is 0 Å². The third-order valence-corrected chi connectivity index (χ3v) is 4.76. The van der Waals surface area contributed by atoms with Gasteiger partial charge in [-0.25, -0.2) is 0 Å². The van der Waals surface area contributed by atoms with Gasteiger partial charge in [0.1, 0.15) is 0 Å². The second-order valence-corrected chi connectivity index (χ2v) is 7.98. The number of rotatable bonds is 4. The van der Waals surface area contributed by atoms with Gasteiger partial charge < -0.3 is 5.32 Å². The van der Waals surface area contributed by atoms with Gasteiger partial charge >= 0.3 is 0 Å². The number of nitrogens with one attached hydrogen (secondary N) is 1. The van der Waals surface area contributed by atoms with Crippen molar-refractivity contribution in [3.63, 3.8) is 0 Å². The molecular weight excluding hydrogens is 346 g/mol. The van der Waals surface area contributed by atoms with E-state index < -0.39 is 0 Å². The predicted octanol–water partition coefficient (Wildman–Crippen LogP) is 5.78. The van der Waals surface area contributed by atoms with E-state index in [-0.39, 0.29) is 17.1 Å². The molecular formula is C25H25NO2. The number of anilines is 1. The number of hydrogen-bond donors (Lipinski definition) is 1. The minimum Gasteiger partial charge on any atom is -0.321 e. The summed E-state index contributed by atoms with van der Waals surface area (Å²) in [6.45, 7) is 8.26. The van der Waals surface area contributed by atoms with E-state index in [1.165, 1.54) is 0 Å². The summed E-state index contributed by atoms with van der Waals surface area (Å²) in [6, 6.07) is 22.1. The van der Waals surface area contributed by atoms with Crippen LogP contribution in [-0.4, -0.2) is 11.7 Å². The second kappa shape index (κ2) is 7.81. The SMILES string of the molecule is Cc1cc(C(C)(C)C)cc(C(=O)c2ccccc2)c1NC(=O)c1ccccc1. The third kappa shape index (κ3) is 4.20. The summed E-state index contributed by atoms with van der Waals surface area (Å²) in [5.74, 6) is -0.326. The van der Waals surface area contributed by atoms with E-state index in [1.54, 1.807) is 24.3 Å². The van der Waals surface area contributed by atoms with Crippen molar-refractivity contribution in [1.82, 2.24) is 0 Å². The van der Waals surface area contributed by atoms with Crippen LogP contribution in [0.15, 0.2) is 72.8 Å². The van der Waals surface area contributed by atoms with Crippen LogP contribution >= 0.6 is 0 Å². The molecule has 0 aliphatic rings. The Morgan fingerprint density at radius 1 is 0.786 bits per heavy atom. The molecule has 0 aliphatic heterocycles. The Morgan fingerprint density at radius 3 is 1.86 bits per heavy atom. The first-order valence-corrected chi connectivity index (χ1v) is 9.38. The number of ketones is 1. The molecule has 0 saturated heterocycles. The van der Waals surface area contributed by atoms with Gasteiger partial charge in [0.15, 0.2) is 5.78 Å². The molecule has 0 aromatic heterocycles. The van der Waals surface area contributed by atoms with Crippen molar-refractivity contribution in [1.29, 1.82) is 0 Å². The van der Waals surface area contributed by atoms with Crippen molar-refractivity contribution in [2.24, 2.45) is 0 Å². The fraction of sp³-hybridized carbons (Fsp3) is 0.200.